The zero-order valence-corrected chi connectivity index (χ0v) is 14.0. The fraction of sp³-hybridized carbons (Fsp3) is 0.222. The van der Waals surface area contributed by atoms with Crippen molar-refractivity contribution in [3.8, 4) is 0 Å². The van der Waals surface area contributed by atoms with Crippen LogP contribution in [-0.2, 0) is 15.0 Å². The normalized spacial score (nSPS) is 14.3. The van der Waals surface area contributed by atoms with Crippen molar-refractivity contribution in [3.63, 3.8) is 0 Å². The highest BCUT2D eigenvalue weighted by molar-refractivity contribution is 6.39. The molecule has 2 amide bonds. The maximum Gasteiger partial charge on any atom is 0.313 e. The zero-order valence-electron chi connectivity index (χ0n) is 14.0. The Morgan fingerprint density at radius 2 is 1.74 bits per heavy atom. The van der Waals surface area contributed by atoms with Crippen LogP contribution < -0.4 is 10.6 Å². The van der Waals surface area contributed by atoms with E-state index in [2.05, 4.69) is 10.6 Å². The summed E-state index contributed by atoms with van der Waals surface area (Å²) < 4.78 is 26.3. The third kappa shape index (κ3) is 4.08. The van der Waals surface area contributed by atoms with E-state index in [-0.39, 0.29) is 23.5 Å². The number of halogens is 2. The molecule has 7 nitrogen and oxygen atoms in total. The maximum absolute atomic E-state index is 13.3. The minimum Gasteiger partial charge on any atom is -0.347 e. The second-order valence-electron chi connectivity index (χ2n) is 6.35. The summed E-state index contributed by atoms with van der Waals surface area (Å²) in [4.78, 5) is 33.8. The first-order valence-electron chi connectivity index (χ1n) is 8.10. The van der Waals surface area contributed by atoms with Crippen LogP contribution in [0.25, 0.3) is 0 Å². The molecule has 2 aromatic rings. The second kappa shape index (κ2) is 7.10. The molecule has 27 heavy (non-hydrogen) atoms. The lowest BCUT2D eigenvalue weighted by atomic mass is 9.96. The molecule has 0 saturated heterocycles. The highest BCUT2D eigenvalue weighted by atomic mass is 19.1. The Kier molecular flexibility index (Phi) is 4.85. The van der Waals surface area contributed by atoms with Crippen molar-refractivity contribution in [1.29, 1.82) is 0 Å². The van der Waals surface area contributed by atoms with E-state index in [9.17, 15) is 28.5 Å². The van der Waals surface area contributed by atoms with Crippen molar-refractivity contribution < 1.29 is 23.3 Å². The van der Waals surface area contributed by atoms with Crippen LogP contribution in [0.5, 0.6) is 0 Å². The van der Waals surface area contributed by atoms with Crippen molar-refractivity contribution in [2.45, 2.75) is 18.3 Å². The molecule has 0 unspecified atom stereocenters. The summed E-state index contributed by atoms with van der Waals surface area (Å²) in [6.45, 7) is 0.203. The number of anilines is 1. The number of rotatable bonds is 5. The van der Waals surface area contributed by atoms with Crippen LogP contribution in [0.4, 0.5) is 20.2 Å². The number of benzene rings is 2. The number of nitrogens with zero attached hydrogens (tertiary/aromatic N) is 1. The molecule has 2 N–H and O–H groups in total. The average Bonchev–Trinajstić information content (AvgIpc) is 3.42. The minimum absolute atomic E-state index is 0.0667. The molecule has 1 fully saturated rings. The molecule has 1 saturated carbocycles. The average molecular weight is 375 g/mol. The van der Waals surface area contributed by atoms with Crippen LogP contribution in [0.15, 0.2) is 42.5 Å². The predicted octanol–water partition coefficient (Wildman–Crippen LogP) is 2.66. The standard InChI is InChI=1S/C18H15F2N3O4/c19-12-3-1-11(2-4-12)18(7-8-18)10-21-16(24)17(25)22-13-5-6-14(20)15(9-13)23(26)27/h1-6,9H,7-8,10H2,(H,21,24)(H,22,25). The van der Waals surface area contributed by atoms with E-state index < -0.39 is 28.2 Å². The van der Waals surface area contributed by atoms with Crippen molar-refractivity contribution in [1.82, 2.24) is 5.32 Å². The molecule has 140 valence electrons. The molecule has 1 aliphatic carbocycles. The Balaban J connectivity index is 1.60. The Morgan fingerprint density at radius 1 is 1.07 bits per heavy atom. The minimum atomic E-state index is -1.04. The number of nitro benzene ring substituents is 1. The van der Waals surface area contributed by atoms with Crippen LogP contribution in [-0.4, -0.2) is 23.3 Å². The molecule has 0 atom stereocenters. The number of carbonyl (C=O) groups is 2. The van der Waals surface area contributed by atoms with Crippen LogP contribution in [0.1, 0.15) is 18.4 Å². The van der Waals surface area contributed by atoms with E-state index in [1.165, 1.54) is 12.1 Å². The van der Waals surface area contributed by atoms with Gasteiger partial charge in [0.2, 0.25) is 5.82 Å². The van der Waals surface area contributed by atoms with Gasteiger partial charge < -0.3 is 10.6 Å². The summed E-state index contributed by atoms with van der Waals surface area (Å²) in [5.74, 6) is -3.34. The lowest BCUT2D eigenvalue weighted by Gasteiger charge is -2.16. The van der Waals surface area contributed by atoms with Crippen LogP contribution in [0, 0.1) is 21.7 Å². The van der Waals surface area contributed by atoms with Gasteiger partial charge in [-0.25, -0.2) is 4.39 Å². The molecule has 0 bridgehead atoms. The monoisotopic (exact) mass is 375 g/mol. The molecule has 3 rings (SSSR count). The Bertz CT molecular complexity index is 911. The lowest BCUT2D eigenvalue weighted by Crippen LogP contribution is -2.39. The fourth-order valence-electron chi connectivity index (χ4n) is 2.77. The summed E-state index contributed by atoms with van der Waals surface area (Å²) in [6.07, 6.45) is 1.59. The van der Waals surface area contributed by atoms with Gasteiger partial charge in [0.05, 0.1) is 4.92 Å². The largest absolute Gasteiger partial charge is 0.347 e. The highest BCUT2D eigenvalue weighted by Crippen LogP contribution is 2.47. The summed E-state index contributed by atoms with van der Waals surface area (Å²) in [5.41, 5.74) is -0.318. The Labute approximate surface area is 152 Å². The summed E-state index contributed by atoms with van der Waals surface area (Å²) >= 11 is 0. The molecular weight excluding hydrogens is 360 g/mol. The van der Waals surface area contributed by atoms with E-state index in [4.69, 9.17) is 0 Å². The zero-order chi connectivity index (χ0) is 19.6. The van der Waals surface area contributed by atoms with Crippen molar-refractivity contribution in [2.24, 2.45) is 0 Å². The van der Waals surface area contributed by atoms with Crippen LogP contribution in [0.3, 0.4) is 0 Å². The predicted molar refractivity (Wildman–Crippen MR) is 92.0 cm³/mol. The number of carbonyl (C=O) groups excluding carboxylic acids is 2. The number of amides is 2. The second-order valence-corrected chi connectivity index (χ2v) is 6.35. The summed E-state index contributed by atoms with van der Waals surface area (Å²) in [6, 6.07) is 8.75. The van der Waals surface area contributed by atoms with Crippen molar-refractivity contribution >= 4 is 23.2 Å². The molecule has 0 radical (unpaired) electrons. The Morgan fingerprint density at radius 3 is 2.33 bits per heavy atom. The van der Waals surface area contributed by atoms with Gasteiger partial charge in [0.1, 0.15) is 5.82 Å². The molecular formula is C18H15F2N3O4. The van der Waals surface area contributed by atoms with Crippen LogP contribution >= 0.6 is 0 Å². The Hall–Kier alpha value is -3.36. The van der Waals surface area contributed by atoms with Gasteiger partial charge >= 0.3 is 17.5 Å². The van der Waals surface area contributed by atoms with Gasteiger partial charge in [-0.05, 0) is 42.7 Å². The molecule has 9 heteroatoms. The molecule has 1 aliphatic rings. The van der Waals surface area contributed by atoms with Gasteiger partial charge in [0, 0.05) is 23.7 Å². The summed E-state index contributed by atoms with van der Waals surface area (Å²) in [5, 5.41) is 15.4. The number of nitrogens with one attached hydrogen (secondary N) is 2. The fourth-order valence-corrected chi connectivity index (χ4v) is 2.77. The summed E-state index contributed by atoms with van der Waals surface area (Å²) in [7, 11) is 0. The first kappa shape index (κ1) is 18.4. The first-order chi connectivity index (χ1) is 12.8. The molecule has 0 aromatic heterocycles. The molecule has 0 aliphatic heterocycles. The van der Waals surface area contributed by atoms with Crippen molar-refractivity contribution in [3.05, 3.63) is 69.8 Å². The van der Waals surface area contributed by atoms with Gasteiger partial charge in [-0.3, -0.25) is 19.7 Å². The van der Waals surface area contributed by atoms with E-state index in [1.54, 1.807) is 12.1 Å². The highest BCUT2D eigenvalue weighted by Gasteiger charge is 2.44. The van der Waals surface area contributed by atoms with Gasteiger partial charge in [0.25, 0.3) is 0 Å². The van der Waals surface area contributed by atoms with E-state index in [1.807, 2.05) is 0 Å². The third-order valence-corrected chi connectivity index (χ3v) is 4.50. The maximum atomic E-state index is 13.3. The number of hydrogen-bond acceptors (Lipinski definition) is 4. The smallest absolute Gasteiger partial charge is 0.313 e. The molecule has 2 aromatic carbocycles. The quantitative estimate of drug-likeness (QED) is 0.477. The van der Waals surface area contributed by atoms with Crippen LogP contribution in [0.2, 0.25) is 0 Å². The first-order valence-corrected chi connectivity index (χ1v) is 8.10. The van der Waals surface area contributed by atoms with E-state index in [0.29, 0.717) is 0 Å². The van der Waals surface area contributed by atoms with Gasteiger partial charge in [-0.2, -0.15) is 4.39 Å². The van der Waals surface area contributed by atoms with Crippen molar-refractivity contribution in [2.75, 3.05) is 11.9 Å². The number of hydrogen-bond donors (Lipinski definition) is 2. The number of nitro groups is 1. The van der Waals surface area contributed by atoms with E-state index >= 15 is 0 Å². The lowest BCUT2D eigenvalue weighted by molar-refractivity contribution is -0.387. The third-order valence-electron chi connectivity index (χ3n) is 4.50. The van der Waals surface area contributed by atoms with E-state index in [0.717, 1.165) is 36.6 Å². The van der Waals surface area contributed by atoms with Gasteiger partial charge in [-0.15, -0.1) is 0 Å². The molecule has 0 spiro atoms. The van der Waals surface area contributed by atoms with Gasteiger partial charge in [-0.1, -0.05) is 12.1 Å². The topological polar surface area (TPSA) is 101 Å². The van der Waals surface area contributed by atoms with Gasteiger partial charge in [0.15, 0.2) is 0 Å². The SMILES string of the molecule is O=C(NCC1(c2ccc(F)cc2)CC1)C(=O)Nc1ccc(F)c([N+](=O)[O-])c1. The molecule has 0 heterocycles.